The molecule has 0 N–H and O–H groups in total. The minimum atomic E-state index is -1.24. The first kappa shape index (κ1) is 15.3. The van der Waals surface area contributed by atoms with E-state index in [1.165, 1.54) is 21.9 Å². The number of hydrogen-bond acceptors (Lipinski definition) is 1. The standard InChI is InChI=1S/C17H22ClNSi/c1-12(2)16-11-19-17(18)10-15(16)13-6-8-14(9-7-13)20(3,4)5/h6-12H,1-5H3. The Labute approximate surface area is 128 Å². The molecule has 20 heavy (non-hydrogen) atoms. The highest BCUT2D eigenvalue weighted by atomic mass is 35.5. The molecule has 1 aromatic heterocycles. The Balaban J connectivity index is 2.49. The van der Waals surface area contributed by atoms with Crippen molar-refractivity contribution < 1.29 is 0 Å². The second-order valence-electron chi connectivity index (χ2n) is 6.58. The highest BCUT2D eigenvalue weighted by Gasteiger charge is 2.16. The summed E-state index contributed by atoms with van der Waals surface area (Å²) in [6.45, 7) is 11.5. The van der Waals surface area contributed by atoms with E-state index in [2.05, 4.69) is 62.7 Å². The van der Waals surface area contributed by atoms with E-state index in [0.717, 1.165) is 0 Å². The predicted molar refractivity (Wildman–Crippen MR) is 91.8 cm³/mol. The van der Waals surface area contributed by atoms with E-state index in [9.17, 15) is 0 Å². The Kier molecular flexibility index (Phi) is 4.36. The molecule has 106 valence electrons. The third-order valence-corrected chi connectivity index (χ3v) is 5.86. The maximum Gasteiger partial charge on any atom is 0.129 e. The van der Waals surface area contributed by atoms with E-state index in [1.54, 1.807) is 0 Å². The third kappa shape index (κ3) is 3.31. The van der Waals surface area contributed by atoms with Crippen molar-refractivity contribution in [1.82, 2.24) is 4.98 Å². The SMILES string of the molecule is CC(C)c1cnc(Cl)cc1-c1ccc([Si](C)(C)C)cc1. The number of pyridine rings is 1. The molecule has 0 spiro atoms. The maximum atomic E-state index is 6.07. The molecule has 0 unspecified atom stereocenters. The van der Waals surface area contributed by atoms with Crippen LogP contribution in [0.4, 0.5) is 0 Å². The largest absolute Gasteiger partial charge is 0.244 e. The lowest BCUT2D eigenvalue weighted by molar-refractivity contribution is 0.861. The first-order chi connectivity index (χ1) is 9.29. The summed E-state index contributed by atoms with van der Waals surface area (Å²) in [5.41, 5.74) is 3.66. The molecule has 0 aliphatic carbocycles. The molecule has 0 fully saturated rings. The molecule has 0 radical (unpaired) electrons. The summed E-state index contributed by atoms with van der Waals surface area (Å²) < 4.78 is 0. The second-order valence-corrected chi connectivity index (χ2v) is 12.0. The average Bonchev–Trinajstić information content (AvgIpc) is 2.37. The van der Waals surface area contributed by atoms with Crippen LogP contribution >= 0.6 is 11.6 Å². The van der Waals surface area contributed by atoms with Crippen molar-refractivity contribution in [1.29, 1.82) is 0 Å². The first-order valence-electron chi connectivity index (χ1n) is 7.05. The highest BCUT2D eigenvalue weighted by molar-refractivity contribution is 6.88. The van der Waals surface area contributed by atoms with Gasteiger partial charge in [0.05, 0.1) is 8.07 Å². The lowest BCUT2D eigenvalue weighted by Crippen LogP contribution is -2.37. The molecule has 0 amide bonds. The van der Waals surface area contributed by atoms with Gasteiger partial charge >= 0.3 is 0 Å². The summed E-state index contributed by atoms with van der Waals surface area (Å²) in [5, 5.41) is 2.03. The Bertz CT molecular complexity index is 597. The lowest BCUT2D eigenvalue weighted by Gasteiger charge is -2.18. The first-order valence-corrected chi connectivity index (χ1v) is 10.9. The van der Waals surface area contributed by atoms with Crippen LogP contribution in [0.15, 0.2) is 36.5 Å². The van der Waals surface area contributed by atoms with Crippen LogP contribution in [0.25, 0.3) is 11.1 Å². The Hall–Kier alpha value is -1.12. The summed E-state index contributed by atoms with van der Waals surface area (Å²) in [5.74, 6) is 0.437. The average molecular weight is 304 g/mol. The van der Waals surface area contributed by atoms with Crippen molar-refractivity contribution >= 4 is 24.9 Å². The van der Waals surface area contributed by atoms with Crippen molar-refractivity contribution in [2.24, 2.45) is 0 Å². The number of hydrogen-bond donors (Lipinski definition) is 0. The predicted octanol–water partition coefficient (Wildman–Crippen LogP) is 5.07. The van der Waals surface area contributed by atoms with E-state index < -0.39 is 8.07 Å². The molecule has 0 saturated heterocycles. The van der Waals surface area contributed by atoms with Gasteiger partial charge in [-0.15, -0.1) is 0 Å². The maximum absolute atomic E-state index is 6.07. The molecule has 1 nitrogen and oxygen atoms in total. The molecule has 1 heterocycles. The molecule has 1 aromatic carbocycles. The van der Waals surface area contributed by atoms with Gasteiger partial charge in [-0.05, 0) is 28.7 Å². The van der Waals surface area contributed by atoms with Crippen LogP contribution in [0.2, 0.25) is 24.8 Å². The Morgan fingerprint density at radius 2 is 1.65 bits per heavy atom. The van der Waals surface area contributed by atoms with Gasteiger partial charge < -0.3 is 0 Å². The number of aromatic nitrogens is 1. The molecular formula is C17H22ClNSi. The molecule has 0 atom stereocenters. The monoisotopic (exact) mass is 303 g/mol. The summed E-state index contributed by atoms with van der Waals surface area (Å²) in [4.78, 5) is 4.22. The van der Waals surface area contributed by atoms with E-state index in [0.29, 0.717) is 11.1 Å². The van der Waals surface area contributed by atoms with Gasteiger partial charge in [-0.1, -0.05) is 74.5 Å². The molecular weight excluding hydrogens is 282 g/mol. The quantitative estimate of drug-likeness (QED) is 0.570. The number of benzene rings is 1. The smallest absolute Gasteiger partial charge is 0.129 e. The topological polar surface area (TPSA) is 12.9 Å². The van der Waals surface area contributed by atoms with Crippen molar-refractivity contribution in [2.45, 2.75) is 39.4 Å². The van der Waals surface area contributed by atoms with Crippen molar-refractivity contribution in [3.05, 3.63) is 47.2 Å². The number of nitrogens with zero attached hydrogens (tertiary/aromatic N) is 1. The summed E-state index contributed by atoms with van der Waals surface area (Å²) >= 11 is 6.07. The van der Waals surface area contributed by atoms with Crippen LogP contribution in [-0.2, 0) is 0 Å². The summed E-state index contributed by atoms with van der Waals surface area (Å²) in [7, 11) is -1.24. The molecule has 0 bridgehead atoms. The minimum Gasteiger partial charge on any atom is -0.244 e. The van der Waals surface area contributed by atoms with E-state index in [-0.39, 0.29) is 0 Å². The highest BCUT2D eigenvalue weighted by Crippen LogP contribution is 2.30. The van der Waals surface area contributed by atoms with Gasteiger partial charge in [0.15, 0.2) is 0 Å². The Morgan fingerprint density at radius 1 is 1.05 bits per heavy atom. The van der Waals surface area contributed by atoms with Crippen LogP contribution in [-0.4, -0.2) is 13.1 Å². The molecule has 0 aliphatic heterocycles. The van der Waals surface area contributed by atoms with E-state index in [4.69, 9.17) is 11.6 Å². The van der Waals surface area contributed by atoms with Crippen LogP contribution in [0, 0.1) is 0 Å². The van der Waals surface area contributed by atoms with Crippen LogP contribution in [0.3, 0.4) is 0 Å². The van der Waals surface area contributed by atoms with Crippen LogP contribution < -0.4 is 5.19 Å². The molecule has 0 aliphatic rings. The van der Waals surface area contributed by atoms with Gasteiger partial charge in [-0.2, -0.15) is 0 Å². The lowest BCUT2D eigenvalue weighted by atomic mass is 9.95. The van der Waals surface area contributed by atoms with E-state index in [1.807, 2.05) is 12.3 Å². The van der Waals surface area contributed by atoms with Crippen LogP contribution in [0.1, 0.15) is 25.3 Å². The summed E-state index contributed by atoms with van der Waals surface area (Å²) in [6.07, 6.45) is 1.90. The fourth-order valence-corrected chi connectivity index (χ4v) is 3.62. The normalized spacial score (nSPS) is 11.9. The van der Waals surface area contributed by atoms with Gasteiger partial charge in [0.1, 0.15) is 5.15 Å². The van der Waals surface area contributed by atoms with E-state index >= 15 is 0 Å². The fourth-order valence-electron chi connectivity index (χ4n) is 2.30. The van der Waals surface area contributed by atoms with Gasteiger partial charge in [0, 0.05) is 6.20 Å². The summed E-state index contributed by atoms with van der Waals surface area (Å²) in [6, 6.07) is 10.9. The van der Waals surface area contributed by atoms with Gasteiger partial charge in [0.2, 0.25) is 0 Å². The van der Waals surface area contributed by atoms with Crippen molar-refractivity contribution in [2.75, 3.05) is 0 Å². The second kappa shape index (κ2) is 5.70. The molecule has 2 aromatic rings. The minimum absolute atomic E-state index is 0.437. The zero-order valence-corrected chi connectivity index (χ0v) is 14.6. The molecule has 0 saturated carbocycles. The van der Waals surface area contributed by atoms with Crippen molar-refractivity contribution in [3.63, 3.8) is 0 Å². The number of halogens is 1. The van der Waals surface area contributed by atoms with Crippen LogP contribution in [0.5, 0.6) is 0 Å². The zero-order valence-electron chi connectivity index (χ0n) is 12.9. The molecule has 2 rings (SSSR count). The van der Waals surface area contributed by atoms with Gasteiger partial charge in [-0.3, -0.25) is 0 Å². The zero-order chi connectivity index (χ0) is 14.9. The van der Waals surface area contributed by atoms with Crippen molar-refractivity contribution in [3.8, 4) is 11.1 Å². The Morgan fingerprint density at radius 3 is 2.15 bits per heavy atom. The van der Waals surface area contributed by atoms with Gasteiger partial charge in [-0.25, -0.2) is 4.98 Å². The fraction of sp³-hybridized carbons (Fsp3) is 0.353. The molecule has 3 heteroatoms. The third-order valence-electron chi connectivity index (χ3n) is 3.59. The van der Waals surface area contributed by atoms with Gasteiger partial charge in [0.25, 0.3) is 0 Å². The number of rotatable bonds is 3.